The number of thioether (sulfide) groups is 1. The highest BCUT2D eigenvalue weighted by atomic mass is 35.5. The van der Waals surface area contributed by atoms with Crippen molar-refractivity contribution in [3.05, 3.63) is 44.7 Å². The lowest BCUT2D eigenvalue weighted by Gasteiger charge is -2.07. The average Bonchev–Trinajstić information content (AvgIpc) is 2.39. The van der Waals surface area contributed by atoms with Gasteiger partial charge < -0.3 is 16.0 Å². The molecule has 2 rings (SSSR count). The molecule has 1 amide bonds. The number of rotatable bonds is 4. The fourth-order valence-corrected chi connectivity index (χ4v) is 2.57. The quantitative estimate of drug-likeness (QED) is 0.583. The van der Waals surface area contributed by atoms with Crippen LogP contribution in [0, 0.1) is 0 Å². The van der Waals surface area contributed by atoms with Gasteiger partial charge in [-0.3, -0.25) is 9.59 Å². The minimum absolute atomic E-state index is 0.0470. The molecule has 0 aliphatic rings. The third-order valence-electron chi connectivity index (χ3n) is 2.28. The summed E-state index contributed by atoms with van der Waals surface area (Å²) < 4.78 is 0. The van der Waals surface area contributed by atoms with Crippen LogP contribution in [0.15, 0.2) is 34.2 Å². The van der Waals surface area contributed by atoms with E-state index in [2.05, 4.69) is 15.3 Å². The molecule has 110 valence electrons. The minimum Gasteiger partial charge on any atom is -0.383 e. The Bertz CT molecular complexity index is 735. The highest BCUT2D eigenvalue weighted by Gasteiger charge is 2.08. The van der Waals surface area contributed by atoms with Gasteiger partial charge in [-0.25, -0.2) is 4.98 Å². The predicted octanol–water partition coefficient (Wildman–Crippen LogP) is 2.39. The Morgan fingerprint density at radius 2 is 2.14 bits per heavy atom. The third kappa shape index (κ3) is 4.66. The number of anilines is 2. The molecule has 0 spiro atoms. The number of halogens is 2. The molecule has 0 unspecified atom stereocenters. The van der Waals surface area contributed by atoms with Crippen LogP contribution in [-0.4, -0.2) is 21.6 Å². The van der Waals surface area contributed by atoms with Gasteiger partial charge in [-0.2, -0.15) is 0 Å². The van der Waals surface area contributed by atoms with Crippen molar-refractivity contribution in [2.24, 2.45) is 0 Å². The standard InChI is InChI=1S/C12H10Cl2N4O2S/c13-6-1-2-8(7(14)3-6)16-11(20)5-21-12-17-9(15)4-10(19)18-12/h1-4H,5H2,(H,16,20)(H3,15,17,18,19). The van der Waals surface area contributed by atoms with Crippen LogP contribution in [0.3, 0.4) is 0 Å². The first kappa shape index (κ1) is 15.7. The average molecular weight is 345 g/mol. The van der Waals surface area contributed by atoms with Gasteiger partial charge in [-0.15, -0.1) is 0 Å². The number of aromatic amines is 1. The summed E-state index contributed by atoms with van der Waals surface area (Å²) in [5, 5.41) is 3.74. The van der Waals surface area contributed by atoms with E-state index in [1.807, 2.05) is 0 Å². The number of carbonyl (C=O) groups is 1. The normalized spacial score (nSPS) is 10.4. The fraction of sp³-hybridized carbons (Fsp3) is 0.0833. The SMILES string of the molecule is Nc1cc(=O)[nH]c(SCC(=O)Nc2ccc(Cl)cc2Cl)n1. The van der Waals surface area contributed by atoms with E-state index >= 15 is 0 Å². The van der Waals surface area contributed by atoms with Crippen molar-refractivity contribution < 1.29 is 4.79 Å². The topological polar surface area (TPSA) is 101 Å². The van der Waals surface area contributed by atoms with Gasteiger partial charge >= 0.3 is 0 Å². The Morgan fingerprint density at radius 3 is 2.81 bits per heavy atom. The number of nitrogens with one attached hydrogen (secondary N) is 2. The molecule has 1 heterocycles. The molecule has 9 heteroatoms. The third-order valence-corrected chi connectivity index (χ3v) is 3.71. The van der Waals surface area contributed by atoms with Gasteiger partial charge in [-0.1, -0.05) is 35.0 Å². The molecule has 1 aromatic carbocycles. The molecule has 0 fully saturated rings. The summed E-state index contributed by atoms with van der Waals surface area (Å²) in [5.74, 6) is -0.151. The molecule has 6 nitrogen and oxygen atoms in total. The van der Waals surface area contributed by atoms with Crippen LogP contribution in [0.2, 0.25) is 10.0 Å². The summed E-state index contributed by atoms with van der Waals surface area (Å²) in [4.78, 5) is 29.4. The number of hydrogen-bond donors (Lipinski definition) is 3. The number of hydrogen-bond acceptors (Lipinski definition) is 5. The van der Waals surface area contributed by atoms with Crippen LogP contribution in [0.25, 0.3) is 0 Å². The van der Waals surface area contributed by atoms with Crippen molar-refractivity contribution in [2.75, 3.05) is 16.8 Å². The van der Waals surface area contributed by atoms with E-state index in [-0.39, 0.29) is 28.2 Å². The molecular formula is C12H10Cl2N4O2S. The van der Waals surface area contributed by atoms with Gasteiger partial charge in [0.1, 0.15) is 5.82 Å². The Morgan fingerprint density at radius 1 is 1.38 bits per heavy atom. The first-order valence-corrected chi connectivity index (χ1v) is 7.43. The molecule has 1 aromatic heterocycles. The summed E-state index contributed by atoms with van der Waals surface area (Å²) >= 11 is 12.8. The molecule has 0 radical (unpaired) electrons. The zero-order chi connectivity index (χ0) is 15.4. The maximum Gasteiger partial charge on any atom is 0.253 e. The second kappa shape index (κ2) is 6.84. The summed E-state index contributed by atoms with van der Waals surface area (Å²) in [5.41, 5.74) is 5.54. The first-order valence-electron chi connectivity index (χ1n) is 5.68. The van der Waals surface area contributed by atoms with Crippen molar-refractivity contribution in [2.45, 2.75) is 5.16 Å². The van der Waals surface area contributed by atoms with E-state index in [9.17, 15) is 9.59 Å². The van der Waals surface area contributed by atoms with Gasteiger partial charge in [-0.05, 0) is 18.2 Å². The van der Waals surface area contributed by atoms with E-state index in [0.29, 0.717) is 15.7 Å². The summed E-state index contributed by atoms with van der Waals surface area (Å²) in [6.07, 6.45) is 0. The number of amides is 1. The highest BCUT2D eigenvalue weighted by Crippen LogP contribution is 2.25. The molecular weight excluding hydrogens is 335 g/mol. The number of aromatic nitrogens is 2. The fourth-order valence-electron chi connectivity index (χ4n) is 1.43. The second-order valence-electron chi connectivity index (χ2n) is 3.94. The Kier molecular flexibility index (Phi) is 5.11. The lowest BCUT2D eigenvalue weighted by Crippen LogP contribution is -2.16. The Hall–Kier alpha value is -1.70. The van der Waals surface area contributed by atoms with Crippen molar-refractivity contribution in [3.8, 4) is 0 Å². The number of nitrogens with zero attached hydrogens (tertiary/aromatic N) is 1. The molecule has 0 bridgehead atoms. The second-order valence-corrected chi connectivity index (χ2v) is 5.74. The first-order chi connectivity index (χ1) is 9.94. The smallest absolute Gasteiger partial charge is 0.253 e. The molecule has 2 aromatic rings. The van der Waals surface area contributed by atoms with Crippen LogP contribution < -0.4 is 16.6 Å². The number of benzene rings is 1. The summed E-state index contributed by atoms with van der Waals surface area (Å²) in [7, 11) is 0. The van der Waals surface area contributed by atoms with E-state index in [1.165, 1.54) is 6.07 Å². The molecule has 0 atom stereocenters. The minimum atomic E-state index is -0.369. The Balaban J connectivity index is 1.97. The van der Waals surface area contributed by atoms with E-state index in [0.717, 1.165) is 17.8 Å². The van der Waals surface area contributed by atoms with E-state index in [1.54, 1.807) is 12.1 Å². The van der Waals surface area contributed by atoms with Crippen molar-refractivity contribution in [1.29, 1.82) is 0 Å². The van der Waals surface area contributed by atoms with Gasteiger partial charge in [0.15, 0.2) is 5.16 Å². The van der Waals surface area contributed by atoms with Gasteiger partial charge in [0.05, 0.1) is 16.5 Å². The maximum absolute atomic E-state index is 11.8. The molecule has 0 aliphatic carbocycles. The number of H-pyrrole nitrogens is 1. The zero-order valence-corrected chi connectivity index (χ0v) is 12.9. The number of nitrogen functional groups attached to an aromatic ring is 1. The maximum atomic E-state index is 11.8. The lowest BCUT2D eigenvalue weighted by molar-refractivity contribution is -0.113. The van der Waals surface area contributed by atoms with Gasteiger partial charge in [0, 0.05) is 11.1 Å². The van der Waals surface area contributed by atoms with Crippen LogP contribution in [0.4, 0.5) is 11.5 Å². The van der Waals surface area contributed by atoms with Crippen LogP contribution >= 0.6 is 35.0 Å². The van der Waals surface area contributed by atoms with Crippen LogP contribution in [0.1, 0.15) is 0 Å². The summed E-state index contributed by atoms with van der Waals surface area (Å²) in [6, 6.07) is 5.92. The van der Waals surface area contributed by atoms with Gasteiger partial charge in [0.25, 0.3) is 5.56 Å². The molecule has 4 N–H and O–H groups in total. The number of carbonyl (C=O) groups excluding carboxylic acids is 1. The Labute approximate surface area is 134 Å². The van der Waals surface area contributed by atoms with E-state index in [4.69, 9.17) is 28.9 Å². The summed E-state index contributed by atoms with van der Waals surface area (Å²) in [6.45, 7) is 0. The highest BCUT2D eigenvalue weighted by molar-refractivity contribution is 7.99. The van der Waals surface area contributed by atoms with Crippen LogP contribution in [0.5, 0.6) is 0 Å². The number of nitrogens with two attached hydrogens (primary N) is 1. The van der Waals surface area contributed by atoms with E-state index < -0.39 is 0 Å². The predicted molar refractivity (Wildman–Crippen MR) is 85.1 cm³/mol. The van der Waals surface area contributed by atoms with Crippen molar-refractivity contribution in [3.63, 3.8) is 0 Å². The lowest BCUT2D eigenvalue weighted by atomic mass is 10.3. The van der Waals surface area contributed by atoms with Gasteiger partial charge in [0.2, 0.25) is 5.91 Å². The zero-order valence-electron chi connectivity index (χ0n) is 10.5. The largest absolute Gasteiger partial charge is 0.383 e. The molecule has 0 saturated carbocycles. The van der Waals surface area contributed by atoms with Crippen molar-refractivity contribution in [1.82, 2.24) is 9.97 Å². The monoisotopic (exact) mass is 344 g/mol. The molecule has 0 aliphatic heterocycles. The molecule has 21 heavy (non-hydrogen) atoms. The van der Waals surface area contributed by atoms with Crippen LogP contribution in [-0.2, 0) is 4.79 Å². The van der Waals surface area contributed by atoms with Crippen molar-refractivity contribution >= 4 is 52.4 Å². The molecule has 0 saturated heterocycles.